The van der Waals surface area contributed by atoms with Crippen LogP contribution in [0.2, 0.25) is 0 Å². The fourth-order valence-electron chi connectivity index (χ4n) is 1.36. The summed E-state index contributed by atoms with van der Waals surface area (Å²) in [5.74, 6) is 1.10. The second kappa shape index (κ2) is 3.14. The number of rotatable bonds is 2. The second-order valence-corrected chi connectivity index (χ2v) is 2.83. The van der Waals surface area contributed by atoms with Crippen molar-refractivity contribution in [2.45, 2.75) is 0 Å². The fraction of sp³-hybridized carbons (Fsp3) is 0.200. The van der Waals surface area contributed by atoms with Gasteiger partial charge in [-0.15, -0.1) is 0 Å². The molecule has 0 fully saturated rings. The zero-order chi connectivity index (χ0) is 10.1. The molecule has 14 heavy (non-hydrogen) atoms. The van der Waals surface area contributed by atoms with Crippen LogP contribution in [0.15, 0.2) is 22.8 Å². The summed E-state index contributed by atoms with van der Waals surface area (Å²) in [6.07, 6.45) is 1.45. The van der Waals surface area contributed by atoms with Gasteiger partial charge in [0.05, 0.1) is 25.0 Å². The molecule has 0 spiro atoms. The van der Waals surface area contributed by atoms with Crippen LogP contribution in [0.4, 0.5) is 0 Å². The minimum atomic E-state index is -0.128. The molecule has 4 nitrogen and oxygen atoms in total. The summed E-state index contributed by atoms with van der Waals surface area (Å²) in [6.45, 7) is 0. The Morgan fingerprint density at radius 1 is 1.14 bits per heavy atom. The Balaban J connectivity index is 2.76. The summed E-state index contributed by atoms with van der Waals surface area (Å²) in [5.41, 5.74) is 0. The van der Waals surface area contributed by atoms with E-state index in [4.69, 9.17) is 13.9 Å². The van der Waals surface area contributed by atoms with Crippen molar-refractivity contribution in [3.05, 3.63) is 18.4 Å². The van der Waals surface area contributed by atoms with Crippen LogP contribution in [-0.4, -0.2) is 19.3 Å². The Kier molecular flexibility index (Phi) is 1.96. The third-order valence-corrected chi connectivity index (χ3v) is 2.09. The third-order valence-electron chi connectivity index (χ3n) is 2.09. The molecule has 0 bridgehead atoms. The first kappa shape index (κ1) is 8.74. The summed E-state index contributed by atoms with van der Waals surface area (Å²) >= 11 is 0. The van der Waals surface area contributed by atoms with E-state index in [2.05, 4.69) is 0 Å². The van der Waals surface area contributed by atoms with Crippen LogP contribution in [0.1, 0.15) is 0 Å². The van der Waals surface area contributed by atoms with Crippen molar-refractivity contribution in [1.82, 2.24) is 0 Å². The number of methoxy groups -OCH3 is 2. The van der Waals surface area contributed by atoms with Crippen molar-refractivity contribution < 1.29 is 19.0 Å². The van der Waals surface area contributed by atoms with E-state index in [9.17, 15) is 5.11 Å². The highest BCUT2D eigenvalue weighted by atomic mass is 16.5. The third kappa shape index (κ3) is 1.16. The summed E-state index contributed by atoms with van der Waals surface area (Å²) in [7, 11) is 3.11. The fourth-order valence-corrected chi connectivity index (χ4v) is 1.36. The molecule has 0 atom stereocenters. The maximum absolute atomic E-state index is 9.37. The monoisotopic (exact) mass is 194 g/mol. The Bertz CT molecular complexity index is 458. The molecule has 0 aliphatic rings. The van der Waals surface area contributed by atoms with Crippen LogP contribution in [0.5, 0.6) is 17.4 Å². The second-order valence-electron chi connectivity index (χ2n) is 2.83. The van der Waals surface area contributed by atoms with E-state index in [1.165, 1.54) is 6.26 Å². The molecule has 0 aliphatic heterocycles. The number of furan rings is 1. The standard InChI is InChI=1S/C10H10O4/c1-12-6-3-7-8(5-14-10(7)11)9(4-6)13-2/h3-5,11H,1-2H3. The summed E-state index contributed by atoms with van der Waals surface area (Å²) in [6, 6.07) is 3.42. The molecule has 0 radical (unpaired) electrons. The molecule has 0 aliphatic carbocycles. The van der Waals surface area contributed by atoms with Crippen molar-refractivity contribution in [2.75, 3.05) is 14.2 Å². The average molecular weight is 194 g/mol. The number of hydrogen-bond acceptors (Lipinski definition) is 4. The maximum atomic E-state index is 9.37. The Labute approximate surface area is 80.7 Å². The van der Waals surface area contributed by atoms with Crippen LogP contribution in [0.25, 0.3) is 10.8 Å². The van der Waals surface area contributed by atoms with Crippen molar-refractivity contribution in [3.8, 4) is 17.4 Å². The lowest BCUT2D eigenvalue weighted by Gasteiger charge is -2.04. The first-order valence-corrected chi connectivity index (χ1v) is 4.08. The molecule has 0 amide bonds. The molecule has 4 heteroatoms. The molecule has 1 heterocycles. The van der Waals surface area contributed by atoms with E-state index < -0.39 is 0 Å². The van der Waals surface area contributed by atoms with Gasteiger partial charge in [-0.2, -0.15) is 0 Å². The van der Waals surface area contributed by atoms with Gasteiger partial charge in [-0.3, -0.25) is 0 Å². The van der Waals surface area contributed by atoms with Crippen LogP contribution in [0, 0.1) is 0 Å². The predicted molar refractivity (Wildman–Crippen MR) is 51.0 cm³/mol. The lowest BCUT2D eigenvalue weighted by Crippen LogP contribution is -1.86. The molecular formula is C10H10O4. The zero-order valence-electron chi connectivity index (χ0n) is 7.90. The lowest BCUT2D eigenvalue weighted by molar-refractivity contribution is 0.337. The quantitative estimate of drug-likeness (QED) is 0.795. The van der Waals surface area contributed by atoms with Gasteiger partial charge >= 0.3 is 0 Å². The molecule has 0 saturated heterocycles. The number of fused-ring (bicyclic) bond motifs is 1. The SMILES string of the molecule is COc1cc(OC)c2coc(O)c2c1. The van der Waals surface area contributed by atoms with Crippen molar-refractivity contribution in [3.63, 3.8) is 0 Å². The molecule has 0 saturated carbocycles. The molecule has 1 aromatic carbocycles. The Morgan fingerprint density at radius 3 is 2.57 bits per heavy atom. The van der Waals surface area contributed by atoms with Crippen LogP contribution in [0.3, 0.4) is 0 Å². The Hall–Kier alpha value is -1.84. The van der Waals surface area contributed by atoms with E-state index in [0.717, 1.165) is 5.39 Å². The van der Waals surface area contributed by atoms with E-state index in [0.29, 0.717) is 16.9 Å². The number of benzene rings is 1. The smallest absolute Gasteiger partial charge is 0.290 e. The minimum Gasteiger partial charge on any atom is -0.497 e. The number of ether oxygens (including phenoxy) is 2. The van der Waals surface area contributed by atoms with Crippen molar-refractivity contribution in [1.29, 1.82) is 0 Å². The van der Waals surface area contributed by atoms with Crippen LogP contribution < -0.4 is 9.47 Å². The number of hydrogen-bond donors (Lipinski definition) is 1. The molecule has 1 N–H and O–H groups in total. The highest BCUT2D eigenvalue weighted by Crippen LogP contribution is 2.37. The molecule has 2 aromatic rings. The normalized spacial score (nSPS) is 10.4. The zero-order valence-corrected chi connectivity index (χ0v) is 7.90. The molecular weight excluding hydrogens is 184 g/mol. The van der Waals surface area contributed by atoms with Gasteiger partial charge in [-0.05, 0) is 6.07 Å². The van der Waals surface area contributed by atoms with E-state index in [1.807, 2.05) is 0 Å². The highest BCUT2D eigenvalue weighted by Gasteiger charge is 2.11. The van der Waals surface area contributed by atoms with Gasteiger partial charge in [0.2, 0.25) is 0 Å². The van der Waals surface area contributed by atoms with Gasteiger partial charge in [0.15, 0.2) is 0 Å². The summed E-state index contributed by atoms with van der Waals surface area (Å²) in [4.78, 5) is 0. The van der Waals surface area contributed by atoms with E-state index in [1.54, 1.807) is 26.4 Å². The van der Waals surface area contributed by atoms with Crippen LogP contribution >= 0.6 is 0 Å². The van der Waals surface area contributed by atoms with Crippen LogP contribution in [-0.2, 0) is 0 Å². The minimum absolute atomic E-state index is 0.128. The van der Waals surface area contributed by atoms with E-state index in [-0.39, 0.29) is 5.95 Å². The van der Waals surface area contributed by atoms with Gasteiger partial charge in [-0.25, -0.2) is 0 Å². The van der Waals surface area contributed by atoms with Gasteiger partial charge in [0.1, 0.15) is 17.8 Å². The summed E-state index contributed by atoms with van der Waals surface area (Å²) in [5, 5.41) is 10.7. The lowest BCUT2D eigenvalue weighted by atomic mass is 10.2. The van der Waals surface area contributed by atoms with E-state index >= 15 is 0 Å². The number of aromatic hydroxyl groups is 1. The highest BCUT2D eigenvalue weighted by molar-refractivity contribution is 5.92. The maximum Gasteiger partial charge on any atom is 0.290 e. The largest absolute Gasteiger partial charge is 0.497 e. The van der Waals surface area contributed by atoms with Crippen molar-refractivity contribution in [2.24, 2.45) is 0 Å². The first-order valence-electron chi connectivity index (χ1n) is 4.08. The predicted octanol–water partition coefficient (Wildman–Crippen LogP) is 2.16. The first-order chi connectivity index (χ1) is 6.76. The van der Waals surface area contributed by atoms with Crippen molar-refractivity contribution >= 4 is 10.8 Å². The average Bonchev–Trinajstić information content (AvgIpc) is 2.59. The van der Waals surface area contributed by atoms with Gasteiger partial charge < -0.3 is 19.0 Å². The molecule has 0 unspecified atom stereocenters. The molecule has 74 valence electrons. The topological polar surface area (TPSA) is 51.8 Å². The molecule has 2 rings (SSSR count). The van der Waals surface area contributed by atoms with Gasteiger partial charge in [0, 0.05) is 6.07 Å². The van der Waals surface area contributed by atoms with Gasteiger partial charge in [-0.1, -0.05) is 0 Å². The van der Waals surface area contributed by atoms with Gasteiger partial charge in [0.25, 0.3) is 5.95 Å². The summed E-state index contributed by atoms with van der Waals surface area (Å²) < 4.78 is 15.1. The molecule has 1 aromatic heterocycles. The Morgan fingerprint density at radius 2 is 1.93 bits per heavy atom.